The summed E-state index contributed by atoms with van der Waals surface area (Å²) < 4.78 is 5.92. The van der Waals surface area contributed by atoms with Gasteiger partial charge in [-0.2, -0.15) is 0 Å². The number of aliphatic hydroxyl groups excluding tert-OH is 1. The van der Waals surface area contributed by atoms with E-state index >= 15 is 0 Å². The first-order chi connectivity index (χ1) is 11.3. The monoisotopic (exact) mass is 330 g/mol. The highest BCUT2D eigenvalue weighted by atomic mass is 16.9. The number of aliphatic hydroxyl groups is 1. The molecule has 2 unspecified atom stereocenters. The average Bonchev–Trinajstić information content (AvgIpc) is 3.23. The van der Waals surface area contributed by atoms with E-state index in [0.29, 0.717) is 13.2 Å². The molecule has 130 valence electrons. The van der Waals surface area contributed by atoms with E-state index in [1.807, 2.05) is 49.4 Å². The Morgan fingerprint density at radius 2 is 1.96 bits per heavy atom. The fraction of sp³-hybridized carbons (Fsp3) is 0.474. The Balaban J connectivity index is 1.64. The van der Waals surface area contributed by atoms with Gasteiger partial charge in [0.25, 0.3) is 0 Å². The van der Waals surface area contributed by atoms with Crippen LogP contribution in [0.4, 0.5) is 0 Å². The van der Waals surface area contributed by atoms with Crippen LogP contribution in [0.25, 0.3) is 0 Å². The number of hydroxylamine groups is 2. The average molecular weight is 330 g/mol. The minimum absolute atomic E-state index is 0.0426. The number of rotatable bonds is 6. The molecular formula is C19H26N2O3. The molecule has 0 radical (unpaired) electrons. The Bertz CT molecular complexity index is 648. The molecule has 2 aliphatic rings. The molecule has 5 nitrogen and oxygen atoms in total. The minimum Gasteiger partial charge on any atom is -0.488 e. The number of allylic oxidation sites excluding steroid dienone is 2. The summed E-state index contributed by atoms with van der Waals surface area (Å²) in [6.45, 7) is 9.13. The lowest BCUT2D eigenvalue weighted by Gasteiger charge is -2.25. The van der Waals surface area contributed by atoms with Crippen molar-refractivity contribution in [3.05, 3.63) is 59.5 Å². The summed E-state index contributed by atoms with van der Waals surface area (Å²) in [5.41, 5.74) is 1.21. The lowest BCUT2D eigenvalue weighted by atomic mass is 10.1. The van der Waals surface area contributed by atoms with E-state index in [1.54, 1.807) is 5.06 Å². The van der Waals surface area contributed by atoms with Gasteiger partial charge in [0.05, 0.1) is 5.70 Å². The standard InChI is InChI=1S/C19H26N2O3/c1-18(2,3)20-12-16(22)15-10-11-17(19(4)21(15)24-19)23-13-14-8-6-5-7-9-14/h5-11,16,20,22H,12-13H2,1-4H3. The molecule has 24 heavy (non-hydrogen) atoms. The van der Waals surface area contributed by atoms with Crippen LogP contribution < -0.4 is 5.32 Å². The number of hydrogen-bond acceptors (Lipinski definition) is 5. The first-order valence-corrected chi connectivity index (χ1v) is 8.31. The van der Waals surface area contributed by atoms with Gasteiger partial charge in [-0.25, -0.2) is 9.90 Å². The maximum atomic E-state index is 10.4. The van der Waals surface area contributed by atoms with Crippen molar-refractivity contribution in [1.29, 1.82) is 0 Å². The lowest BCUT2D eigenvalue weighted by Crippen LogP contribution is -2.42. The van der Waals surface area contributed by atoms with Crippen LogP contribution in [0.2, 0.25) is 0 Å². The number of fused-ring (bicyclic) bond motifs is 1. The molecule has 0 amide bonds. The zero-order valence-electron chi connectivity index (χ0n) is 14.7. The third kappa shape index (κ3) is 3.64. The van der Waals surface area contributed by atoms with E-state index in [1.165, 1.54) is 0 Å². The van der Waals surface area contributed by atoms with Crippen molar-refractivity contribution in [1.82, 2.24) is 10.4 Å². The molecule has 2 heterocycles. The molecule has 2 aliphatic heterocycles. The van der Waals surface area contributed by atoms with Crippen LogP contribution in [0.3, 0.4) is 0 Å². The molecule has 1 aromatic carbocycles. The number of benzene rings is 1. The van der Waals surface area contributed by atoms with Gasteiger partial charge in [-0.05, 0) is 45.4 Å². The molecule has 5 heteroatoms. The number of β-amino-alcohol motifs (C(OH)–C–C–N with tert-alkyl or cyclic N) is 1. The normalized spacial score (nSPS) is 24.0. The summed E-state index contributed by atoms with van der Waals surface area (Å²) in [7, 11) is 0. The topological polar surface area (TPSA) is 57.0 Å². The van der Waals surface area contributed by atoms with E-state index in [9.17, 15) is 5.11 Å². The Hall–Kier alpha value is -1.82. The quantitative estimate of drug-likeness (QED) is 0.786. The maximum absolute atomic E-state index is 10.4. The SMILES string of the molecule is CC(C)(C)NCC(O)C1=CC=C(OCc2ccccc2)C2(C)ON12. The minimum atomic E-state index is -0.627. The summed E-state index contributed by atoms with van der Waals surface area (Å²) in [5.74, 6) is 0.756. The number of hydrogen-bond donors (Lipinski definition) is 2. The van der Waals surface area contributed by atoms with Crippen molar-refractivity contribution < 1.29 is 14.7 Å². The summed E-state index contributed by atoms with van der Waals surface area (Å²) >= 11 is 0. The fourth-order valence-electron chi connectivity index (χ4n) is 2.66. The van der Waals surface area contributed by atoms with Crippen molar-refractivity contribution in [2.45, 2.75) is 51.7 Å². The van der Waals surface area contributed by atoms with Crippen molar-refractivity contribution in [3.63, 3.8) is 0 Å². The smallest absolute Gasteiger partial charge is 0.244 e. The second-order valence-corrected chi connectivity index (χ2v) is 7.41. The van der Waals surface area contributed by atoms with Crippen LogP contribution in [-0.4, -0.2) is 34.1 Å². The van der Waals surface area contributed by atoms with Gasteiger partial charge in [-0.3, -0.25) is 0 Å². The predicted molar refractivity (Wildman–Crippen MR) is 92.5 cm³/mol. The molecule has 2 atom stereocenters. The number of nitrogens with one attached hydrogen (secondary N) is 1. The highest BCUT2D eigenvalue weighted by Gasteiger charge is 2.59. The van der Waals surface area contributed by atoms with Gasteiger partial charge in [0.15, 0.2) is 5.76 Å². The Kier molecular flexibility index (Phi) is 4.42. The Labute approximate surface area is 143 Å². The van der Waals surface area contributed by atoms with Crippen molar-refractivity contribution >= 4 is 0 Å². The van der Waals surface area contributed by atoms with Crippen LogP contribution >= 0.6 is 0 Å². The number of ether oxygens (including phenoxy) is 1. The van der Waals surface area contributed by atoms with E-state index in [-0.39, 0.29) is 5.54 Å². The van der Waals surface area contributed by atoms with Gasteiger partial charge in [-0.15, -0.1) is 0 Å². The maximum Gasteiger partial charge on any atom is 0.244 e. The number of nitrogens with zero attached hydrogens (tertiary/aromatic N) is 1. The summed E-state index contributed by atoms with van der Waals surface area (Å²) in [5, 5.41) is 15.4. The highest BCUT2D eigenvalue weighted by Crippen LogP contribution is 2.48. The van der Waals surface area contributed by atoms with Crippen LogP contribution in [0.15, 0.2) is 53.9 Å². The second kappa shape index (κ2) is 6.24. The lowest BCUT2D eigenvalue weighted by molar-refractivity contribution is 0.136. The third-order valence-electron chi connectivity index (χ3n) is 4.13. The Morgan fingerprint density at radius 1 is 1.25 bits per heavy atom. The highest BCUT2D eigenvalue weighted by molar-refractivity contribution is 5.33. The van der Waals surface area contributed by atoms with Gasteiger partial charge in [0.1, 0.15) is 12.7 Å². The van der Waals surface area contributed by atoms with E-state index < -0.39 is 11.8 Å². The molecule has 2 N–H and O–H groups in total. The molecule has 1 saturated heterocycles. The van der Waals surface area contributed by atoms with Crippen LogP contribution in [0, 0.1) is 0 Å². The van der Waals surface area contributed by atoms with E-state index in [4.69, 9.17) is 9.57 Å². The zero-order chi connectivity index (χ0) is 17.4. The molecule has 0 bridgehead atoms. The second-order valence-electron chi connectivity index (χ2n) is 7.41. The van der Waals surface area contributed by atoms with Gasteiger partial charge >= 0.3 is 0 Å². The van der Waals surface area contributed by atoms with Gasteiger partial charge in [-0.1, -0.05) is 30.3 Å². The summed E-state index contributed by atoms with van der Waals surface area (Å²) in [4.78, 5) is 5.72. The van der Waals surface area contributed by atoms with Gasteiger partial charge < -0.3 is 15.2 Å². The molecule has 0 aromatic heterocycles. The summed E-state index contributed by atoms with van der Waals surface area (Å²) in [6.07, 6.45) is 3.13. The molecule has 3 rings (SSSR count). The van der Waals surface area contributed by atoms with Crippen molar-refractivity contribution in [2.24, 2.45) is 0 Å². The Morgan fingerprint density at radius 3 is 2.62 bits per heavy atom. The molecule has 1 fully saturated rings. The van der Waals surface area contributed by atoms with E-state index in [0.717, 1.165) is 17.0 Å². The molecule has 1 aromatic rings. The van der Waals surface area contributed by atoms with Crippen molar-refractivity contribution in [3.8, 4) is 0 Å². The molecule has 0 spiro atoms. The largest absolute Gasteiger partial charge is 0.488 e. The van der Waals surface area contributed by atoms with Gasteiger partial charge in [0, 0.05) is 12.1 Å². The molecule has 0 saturated carbocycles. The predicted octanol–water partition coefficient (Wildman–Crippen LogP) is 2.70. The van der Waals surface area contributed by atoms with E-state index in [2.05, 4.69) is 26.1 Å². The van der Waals surface area contributed by atoms with Gasteiger partial charge in [0.2, 0.25) is 5.72 Å². The molecular weight excluding hydrogens is 304 g/mol. The van der Waals surface area contributed by atoms with Crippen LogP contribution in [0.5, 0.6) is 0 Å². The fourth-order valence-corrected chi connectivity index (χ4v) is 2.66. The third-order valence-corrected chi connectivity index (χ3v) is 4.13. The molecule has 0 aliphatic carbocycles. The van der Waals surface area contributed by atoms with Crippen LogP contribution in [0.1, 0.15) is 33.3 Å². The summed E-state index contributed by atoms with van der Waals surface area (Å²) in [6, 6.07) is 10.0. The first kappa shape index (κ1) is 17.0. The van der Waals surface area contributed by atoms with Crippen molar-refractivity contribution in [2.75, 3.05) is 6.54 Å². The zero-order valence-corrected chi connectivity index (χ0v) is 14.7. The first-order valence-electron chi connectivity index (χ1n) is 8.31. The van der Waals surface area contributed by atoms with Crippen LogP contribution in [-0.2, 0) is 16.2 Å².